The summed E-state index contributed by atoms with van der Waals surface area (Å²) >= 11 is 0. The quantitative estimate of drug-likeness (QED) is 0.158. The van der Waals surface area contributed by atoms with Gasteiger partial charge in [0.1, 0.15) is 0 Å². The van der Waals surface area contributed by atoms with Crippen molar-refractivity contribution in [3.63, 3.8) is 0 Å². The van der Waals surface area contributed by atoms with Crippen LogP contribution in [0.25, 0.3) is 110 Å². The van der Waals surface area contributed by atoms with Gasteiger partial charge in [-0.3, -0.25) is 0 Å². The second-order valence-electron chi connectivity index (χ2n) is 16.4. The second kappa shape index (κ2) is 14.6. The third kappa shape index (κ3) is 5.95. The minimum Gasteiger partial charge on any atom is -0.309 e. The summed E-state index contributed by atoms with van der Waals surface area (Å²) in [6.45, 7) is 2.23. The summed E-state index contributed by atoms with van der Waals surface area (Å²) in [5, 5.41) is 9.71. The van der Waals surface area contributed by atoms with Gasteiger partial charge in [-0.05, 0) is 91.7 Å². The average molecular weight is 793 g/mol. The molecule has 1 atom stereocenters. The highest BCUT2D eigenvalue weighted by molar-refractivity contribution is 6.27. The van der Waals surface area contributed by atoms with Gasteiger partial charge in [-0.25, -0.2) is 15.0 Å². The van der Waals surface area contributed by atoms with E-state index in [-0.39, 0.29) is 0 Å². The lowest BCUT2D eigenvalue weighted by Crippen LogP contribution is -2.04. The van der Waals surface area contributed by atoms with Crippen molar-refractivity contribution in [2.45, 2.75) is 13.3 Å². The Morgan fingerprint density at radius 3 is 1.68 bits per heavy atom. The maximum absolute atomic E-state index is 5.12. The molecule has 292 valence electrons. The van der Waals surface area contributed by atoms with E-state index in [2.05, 4.69) is 200 Å². The maximum atomic E-state index is 5.12. The fourth-order valence-electron chi connectivity index (χ4n) is 9.56. The number of hydrogen-bond acceptors (Lipinski definition) is 3. The Morgan fingerprint density at radius 2 is 0.984 bits per heavy atom. The predicted molar refractivity (Wildman–Crippen MR) is 259 cm³/mol. The first-order valence-electron chi connectivity index (χ1n) is 21.4. The number of allylic oxidation sites excluding steroid dienone is 4. The molecule has 12 rings (SSSR count). The van der Waals surface area contributed by atoms with Gasteiger partial charge in [0.05, 0.1) is 11.0 Å². The minimum atomic E-state index is 0.497. The molecule has 0 spiro atoms. The van der Waals surface area contributed by atoms with E-state index in [1.807, 2.05) is 18.2 Å². The van der Waals surface area contributed by atoms with Crippen LogP contribution in [0.4, 0.5) is 0 Å². The van der Waals surface area contributed by atoms with Crippen LogP contribution in [-0.4, -0.2) is 19.5 Å². The van der Waals surface area contributed by atoms with Crippen LogP contribution >= 0.6 is 0 Å². The van der Waals surface area contributed by atoms with Gasteiger partial charge in [0.15, 0.2) is 17.5 Å². The molecule has 9 aromatic carbocycles. The molecule has 0 saturated heterocycles. The monoisotopic (exact) mass is 792 g/mol. The SMILES string of the molecule is CC1C=CC(c2nc(-c3ccccc3)nc(-c3ccc4c5ccc(-c6cccc7c6c6cccc(-c8ccccc8)c6n7-c6ccccc6)cc5c5ccccc5c4c3)n2)=CC1. The van der Waals surface area contributed by atoms with Gasteiger partial charge in [0, 0.05) is 38.7 Å². The molecule has 4 heteroatoms. The molecule has 1 unspecified atom stereocenters. The van der Waals surface area contributed by atoms with Crippen LogP contribution < -0.4 is 0 Å². The van der Waals surface area contributed by atoms with Crippen molar-refractivity contribution >= 4 is 59.7 Å². The lowest BCUT2D eigenvalue weighted by Gasteiger charge is -2.15. The van der Waals surface area contributed by atoms with Gasteiger partial charge in [0.25, 0.3) is 0 Å². The van der Waals surface area contributed by atoms with Crippen LogP contribution in [0.2, 0.25) is 0 Å². The van der Waals surface area contributed by atoms with Crippen molar-refractivity contribution in [3.05, 3.63) is 212 Å². The first-order valence-corrected chi connectivity index (χ1v) is 21.4. The van der Waals surface area contributed by atoms with E-state index < -0.39 is 0 Å². The van der Waals surface area contributed by atoms with E-state index in [4.69, 9.17) is 15.0 Å². The summed E-state index contributed by atoms with van der Waals surface area (Å²) in [6.07, 6.45) is 7.60. The summed E-state index contributed by atoms with van der Waals surface area (Å²) in [4.78, 5) is 15.2. The number of hydrogen-bond donors (Lipinski definition) is 0. The third-order valence-electron chi connectivity index (χ3n) is 12.6. The molecule has 0 N–H and O–H groups in total. The van der Waals surface area contributed by atoms with Gasteiger partial charge >= 0.3 is 0 Å². The van der Waals surface area contributed by atoms with Gasteiger partial charge in [0.2, 0.25) is 0 Å². The van der Waals surface area contributed by atoms with E-state index >= 15 is 0 Å². The zero-order chi connectivity index (χ0) is 41.1. The Bertz CT molecular complexity index is 3580. The van der Waals surface area contributed by atoms with E-state index in [9.17, 15) is 0 Å². The minimum absolute atomic E-state index is 0.497. The van der Waals surface area contributed by atoms with Crippen LogP contribution in [-0.2, 0) is 0 Å². The average Bonchev–Trinajstić information content (AvgIpc) is 3.69. The highest BCUT2D eigenvalue weighted by Gasteiger charge is 2.21. The van der Waals surface area contributed by atoms with E-state index in [1.165, 1.54) is 76.4 Å². The fraction of sp³-hybridized carbons (Fsp3) is 0.0517. The smallest absolute Gasteiger partial charge is 0.164 e. The zero-order valence-electron chi connectivity index (χ0n) is 34.2. The highest BCUT2D eigenvalue weighted by atomic mass is 15.0. The topological polar surface area (TPSA) is 43.6 Å². The van der Waals surface area contributed by atoms with Crippen LogP contribution in [0.1, 0.15) is 19.2 Å². The molecular weight excluding hydrogens is 753 g/mol. The van der Waals surface area contributed by atoms with Crippen molar-refractivity contribution in [1.29, 1.82) is 0 Å². The van der Waals surface area contributed by atoms with E-state index in [0.717, 1.165) is 28.8 Å². The number of fused-ring (bicyclic) bond motifs is 9. The van der Waals surface area contributed by atoms with Gasteiger partial charge in [-0.2, -0.15) is 0 Å². The Labute approximate surface area is 359 Å². The van der Waals surface area contributed by atoms with E-state index in [1.54, 1.807) is 0 Å². The highest BCUT2D eigenvalue weighted by Crippen LogP contribution is 2.44. The molecule has 0 aliphatic heterocycles. The molecule has 1 aliphatic rings. The van der Waals surface area contributed by atoms with Gasteiger partial charge in [-0.15, -0.1) is 0 Å². The Balaban J connectivity index is 1.05. The Hall–Kier alpha value is -7.95. The molecule has 0 fully saturated rings. The number of para-hydroxylation sites is 2. The first kappa shape index (κ1) is 35.9. The Kier molecular flexibility index (Phi) is 8.49. The van der Waals surface area contributed by atoms with Crippen LogP contribution in [0, 0.1) is 5.92 Å². The summed E-state index contributed by atoms with van der Waals surface area (Å²) in [5.41, 5.74) is 11.3. The van der Waals surface area contributed by atoms with Crippen LogP contribution in [0.3, 0.4) is 0 Å². The fourth-order valence-corrected chi connectivity index (χ4v) is 9.56. The first-order chi connectivity index (χ1) is 30.7. The van der Waals surface area contributed by atoms with Crippen LogP contribution in [0.15, 0.2) is 206 Å². The summed E-state index contributed by atoms with van der Waals surface area (Å²) < 4.78 is 2.44. The lowest BCUT2D eigenvalue weighted by atomic mass is 9.90. The zero-order valence-corrected chi connectivity index (χ0v) is 34.2. The molecule has 4 nitrogen and oxygen atoms in total. The van der Waals surface area contributed by atoms with E-state index in [0.29, 0.717) is 23.4 Å². The molecule has 0 saturated carbocycles. The molecule has 62 heavy (non-hydrogen) atoms. The molecule has 0 radical (unpaired) electrons. The Morgan fingerprint density at radius 1 is 0.435 bits per heavy atom. The maximum Gasteiger partial charge on any atom is 0.164 e. The molecule has 0 bridgehead atoms. The largest absolute Gasteiger partial charge is 0.309 e. The standard InChI is InChI=1S/C58H40N4/c1-37-27-29-40(30-28-37)57-59-56(39-17-7-3-8-18-39)60-58(61-57)42-32-34-49-48-33-31-41(35-51(48)46-21-11-12-22-47(46)52(49)36-42)44-23-14-26-53-54(44)50-25-13-24-45(38-15-5-2-6-16-38)55(50)62(53)43-19-9-4-10-20-43/h2-27,29-37H,28H2,1H3. The molecule has 11 aromatic rings. The molecule has 2 aromatic heterocycles. The number of rotatable bonds is 6. The number of nitrogens with zero attached hydrogens (tertiary/aromatic N) is 4. The van der Waals surface area contributed by atoms with Crippen molar-refractivity contribution in [2.75, 3.05) is 0 Å². The summed E-state index contributed by atoms with van der Waals surface area (Å²) in [6, 6.07) is 67.8. The molecular formula is C58H40N4. The third-order valence-corrected chi connectivity index (χ3v) is 12.6. The van der Waals surface area contributed by atoms with Crippen molar-refractivity contribution in [3.8, 4) is 50.7 Å². The summed E-state index contributed by atoms with van der Waals surface area (Å²) in [5.74, 6) is 2.54. The van der Waals surface area contributed by atoms with Crippen molar-refractivity contribution in [1.82, 2.24) is 19.5 Å². The van der Waals surface area contributed by atoms with Crippen molar-refractivity contribution < 1.29 is 0 Å². The predicted octanol–water partition coefficient (Wildman–Crippen LogP) is 15.1. The molecule has 2 heterocycles. The van der Waals surface area contributed by atoms with Crippen LogP contribution in [0.5, 0.6) is 0 Å². The number of benzene rings is 9. The van der Waals surface area contributed by atoms with Gasteiger partial charge in [-0.1, -0.05) is 183 Å². The van der Waals surface area contributed by atoms with Gasteiger partial charge < -0.3 is 4.57 Å². The molecule has 1 aliphatic carbocycles. The molecule has 0 amide bonds. The second-order valence-corrected chi connectivity index (χ2v) is 16.4. The lowest BCUT2D eigenvalue weighted by molar-refractivity contribution is 0.738. The van der Waals surface area contributed by atoms with Crippen molar-refractivity contribution in [2.24, 2.45) is 5.92 Å². The number of aromatic nitrogens is 4. The normalized spacial score (nSPS) is 14.0. The summed E-state index contributed by atoms with van der Waals surface area (Å²) in [7, 11) is 0.